The molecule has 0 spiro atoms. The number of amides is 1. The van der Waals surface area contributed by atoms with Crippen LogP contribution in [-0.4, -0.2) is 28.7 Å². The first kappa shape index (κ1) is 19.7. The Morgan fingerprint density at radius 2 is 1.73 bits per heavy atom. The molecule has 4 aromatic rings. The quantitative estimate of drug-likeness (QED) is 0.337. The van der Waals surface area contributed by atoms with Gasteiger partial charge in [-0.05, 0) is 23.8 Å². The second-order valence-corrected chi connectivity index (χ2v) is 7.29. The zero-order valence-electron chi connectivity index (χ0n) is 15.8. The van der Waals surface area contributed by atoms with Gasteiger partial charge in [0.05, 0.1) is 17.4 Å². The largest absolute Gasteiger partial charge is 0.453 e. The lowest BCUT2D eigenvalue weighted by molar-refractivity contribution is -0.123. The van der Waals surface area contributed by atoms with Crippen LogP contribution in [0.4, 0.5) is 0 Å². The van der Waals surface area contributed by atoms with Gasteiger partial charge in [0, 0.05) is 15.4 Å². The Hall–Kier alpha value is -3.58. The summed E-state index contributed by atoms with van der Waals surface area (Å²) in [6, 6.07) is 25.1. The Morgan fingerprint density at radius 3 is 2.50 bits per heavy atom. The number of hydrazone groups is 1. The normalized spacial score (nSPS) is 11.0. The Morgan fingerprint density at radius 1 is 1.00 bits per heavy atom. The number of ether oxygens (including phenoxy) is 1. The van der Waals surface area contributed by atoms with Crippen molar-refractivity contribution in [2.45, 2.75) is 0 Å². The fraction of sp³-hybridized carbons (Fsp3) is 0.0435. The zero-order chi connectivity index (χ0) is 20.8. The average Bonchev–Trinajstić information content (AvgIpc) is 2.78. The molecule has 0 saturated carbocycles. The van der Waals surface area contributed by atoms with Gasteiger partial charge < -0.3 is 4.74 Å². The molecule has 0 fully saturated rings. The van der Waals surface area contributed by atoms with Crippen LogP contribution >= 0.6 is 15.9 Å². The predicted molar refractivity (Wildman–Crippen MR) is 120 cm³/mol. The highest BCUT2D eigenvalue weighted by Gasteiger charge is 2.12. The second-order valence-electron chi connectivity index (χ2n) is 6.37. The van der Waals surface area contributed by atoms with Gasteiger partial charge in [0.15, 0.2) is 6.61 Å². The van der Waals surface area contributed by atoms with Crippen molar-refractivity contribution in [3.63, 3.8) is 0 Å². The van der Waals surface area contributed by atoms with E-state index in [4.69, 9.17) is 4.74 Å². The first-order chi connectivity index (χ1) is 14.7. The van der Waals surface area contributed by atoms with Crippen molar-refractivity contribution in [2.75, 3.05) is 6.61 Å². The molecular weight excluding hydrogens is 444 g/mol. The lowest BCUT2D eigenvalue weighted by Crippen LogP contribution is -2.25. The van der Waals surface area contributed by atoms with Crippen LogP contribution in [0.25, 0.3) is 22.2 Å². The lowest BCUT2D eigenvalue weighted by Gasteiger charge is -2.10. The molecule has 0 bridgehead atoms. The molecule has 1 heterocycles. The minimum Gasteiger partial charge on any atom is -0.453 e. The fourth-order valence-electron chi connectivity index (χ4n) is 2.84. The van der Waals surface area contributed by atoms with Crippen molar-refractivity contribution in [3.8, 4) is 17.3 Å². The van der Waals surface area contributed by atoms with Crippen LogP contribution in [0.3, 0.4) is 0 Å². The van der Waals surface area contributed by atoms with E-state index in [1.54, 1.807) is 6.21 Å². The van der Waals surface area contributed by atoms with Crippen molar-refractivity contribution in [1.82, 2.24) is 15.4 Å². The van der Waals surface area contributed by atoms with E-state index in [1.165, 1.54) is 0 Å². The molecule has 0 aliphatic carbocycles. The molecule has 3 aromatic carbocycles. The van der Waals surface area contributed by atoms with Gasteiger partial charge in [-0.3, -0.25) is 4.79 Å². The molecule has 0 unspecified atom stereocenters. The summed E-state index contributed by atoms with van der Waals surface area (Å²) in [5.41, 5.74) is 5.72. The summed E-state index contributed by atoms with van der Waals surface area (Å²) in [6.07, 6.45) is 1.57. The fourth-order valence-corrected chi connectivity index (χ4v) is 3.20. The topological polar surface area (TPSA) is 76.5 Å². The smallest absolute Gasteiger partial charge is 0.318 e. The van der Waals surface area contributed by atoms with E-state index in [2.05, 4.69) is 36.4 Å². The van der Waals surface area contributed by atoms with Gasteiger partial charge in [-0.25, -0.2) is 5.43 Å². The third-order valence-corrected chi connectivity index (χ3v) is 4.71. The Bertz CT molecular complexity index is 1200. The maximum atomic E-state index is 12.1. The van der Waals surface area contributed by atoms with E-state index in [1.807, 2.05) is 78.9 Å². The number of fused-ring (bicyclic) bond motifs is 1. The van der Waals surface area contributed by atoms with E-state index in [-0.39, 0.29) is 12.6 Å². The van der Waals surface area contributed by atoms with E-state index in [0.717, 1.165) is 32.2 Å². The van der Waals surface area contributed by atoms with Gasteiger partial charge in [-0.1, -0.05) is 76.6 Å². The summed E-state index contributed by atoms with van der Waals surface area (Å²) in [6.45, 7) is -0.248. The predicted octanol–water partition coefficient (Wildman–Crippen LogP) is 4.59. The Labute approximate surface area is 181 Å². The summed E-state index contributed by atoms with van der Waals surface area (Å²) in [5.74, 6) is -0.400. The van der Waals surface area contributed by atoms with Crippen molar-refractivity contribution in [1.29, 1.82) is 0 Å². The van der Waals surface area contributed by atoms with Crippen molar-refractivity contribution >= 4 is 39.0 Å². The van der Waals surface area contributed by atoms with Gasteiger partial charge >= 0.3 is 6.01 Å². The number of carbonyl (C=O) groups is 1. The second kappa shape index (κ2) is 9.28. The van der Waals surface area contributed by atoms with E-state index < -0.39 is 5.91 Å². The van der Waals surface area contributed by atoms with Crippen molar-refractivity contribution in [2.24, 2.45) is 5.10 Å². The van der Waals surface area contributed by atoms with Crippen LogP contribution in [0.15, 0.2) is 88.4 Å². The number of nitrogens with zero attached hydrogens (tertiary/aromatic N) is 3. The molecule has 0 atom stereocenters. The maximum Gasteiger partial charge on any atom is 0.318 e. The number of nitrogens with one attached hydrogen (secondary N) is 1. The van der Waals surface area contributed by atoms with Crippen LogP contribution in [-0.2, 0) is 4.79 Å². The summed E-state index contributed by atoms with van der Waals surface area (Å²) < 4.78 is 6.48. The molecule has 6 nitrogen and oxygen atoms in total. The van der Waals surface area contributed by atoms with Gasteiger partial charge in [-0.2, -0.15) is 15.1 Å². The number of hydrogen-bond donors (Lipinski definition) is 1. The van der Waals surface area contributed by atoms with Crippen LogP contribution in [0.1, 0.15) is 5.56 Å². The summed E-state index contributed by atoms with van der Waals surface area (Å²) in [5, 5.41) is 4.82. The van der Waals surface area contributed by atoms with E-state index in [0.29, 0.717) is 0 Å². The molecule has 7 heteroatoms. The number of carbonyl (C=O) groups excluding carboxylic acids is 1. The van der Waals surface area contributed by atoms with Crippen molar-refractivity contribution < 1.29 is 9.53 Å². The summed E-state index contributed by atoms with van der Waals surface area (Å²) in [7, 11) is 0. The average molecular weight is 461 g/mol. The molecule has 4 rings (SSSR count). The SMILES string of the molecule is O=C(COc1nc(-c2ccccc2)c2cc(Br)ccc2n1)NN=Cc1ccccc1. The highest BCUT2D eigenvalue weighted by molar-refractivity contribution is 9.10. The highest BCUT2D eigenvalue weighted by Crippen LogP contribution is 2.29. The van der Waals surface area contributed by atoms with Gasteiger partial charge in [0.25, 0.3) is 5.91 Å². The van der Waals surface area contributed by atoms with Gasteiger partial charge in [0.2, 0.25) is 0 Å². The molecule has 0 aliphatic rings. The molecule has 0 radical (unpaired) electrons. The lowest BCUT2D eigenvalue weighted by atomic mass is 10.1. The third kappa shape index (κ3) is 4.87. The molecule has 1 amide bonds. The Balaban J connectivity index is 1.51. The molecule has 0 aliphatic heterocycles. The minimum absolute atomic E-state index is 0.130. The standard InChI is InChI=1S/C23H17BrN4O2/c24-18-11-12-20-19(13-18)22(17-9-5-2-6-10-17)27-23(26-20)30-15-21(29)28-25-14-16-7-3-1-4-8-16/h1-14H,15H2,(H,28,29). The van der Waals surface area contributed by atoms with Crippen LogP contribution in [0.5, 0.6) is 6.01 Å². The first-order valence-electron chi connectivity index (χ1n) is 9.21. The van der Waals surface area contributed by atoms with E-state index >= 15 is 0 Å². The van der Waals surface area contributed by atoms with Gasteiger partial charge in [-0.15, -0.1) is 0 Å². The summed E-state index contributed by atoms with van der Waals surface area (Å²) in [4.78, 5) is 21.0. The molecule has 0 saturated heterocycles. The number of aromatic nitrogens is 2. The van der Waals surface area contributed by atoms with Crippen LogP contribution < -0.4 is 10.2 Å². The monoisotopic (exact) mass is 460 g/mol. The first-order valence-corrected chi connectivity index (χ1v) is 10.0. The Kier molecular flexibility index (Phi) is 6.10. The number of benzene rings is 3. The number of hydrogen-bond acceptors (Lipinski definition) is 5. The highest BCUT2D eigenvalue weighted by atomic mass is 79.9. The third-order valence-electron chi connectivity index (χ3n) is 4.22. The maximum absolute atomic E-state index is 12.1. The molecule has 148 valence electrons. The molecule has 1 aromatic heterocycles. The van der Waals surface area contributed by atoms with Crippen molar-refractivity contribution in [3.05, 3.63) is 88.9 Å². The molecule has 30 heavy (non-hydrogen) atoms. The summed E-state index contributed by atoms with van der Waals surface area (Å²) >= 11 is 3.50. The zero-order valence-corrected chi connectivity index (χ0v) is 17.4. The van der Waals surface area contributed by atoms with Crippen LogP contribution in [0, 0.1) is 0 Å². The minimum atomic E-state index is -0.400. The molecule has 1 N–H and O–H groups in total. The number of halogens is 1. The van der Waals surface area contributed by atoms with Gasteiger partial charge in [0.1, 0.15) is 0 Å². The van der Waals surface area contributed by atoms with Crippen LogP contribution in [0.2, 0.25) is 0 Å². The molecular formula is C23H17BrN4O2. The van der Waals surface area contributed by atoms with E-state index in [9.17, 15) is 4.79 Å². The number of rotatable bonds is 6.